The maximum absolute atomic E-state index is 11.6. The van der Waals surface area contributed by atoms with Gasteiger partial charge in [0.15, 0.2) is 9.84 Å². The summed E-state index contributed by atoms with van der Waals surface area (Å²) in [5.74, 6) is 0.109. The Labute approximate surface area is 109 Å². The van der Waals surface area contributed by atoms with E-state index in [9.17, 15) is 13.5 Å². The van der Waals surface area contributed by atoms with Crippen LogP contribution in [0, 0.1) is 0 Å². The largest absolute Gasteiger partial charge is 0.393 e. The Morgan fingerprint density at radius 1 is 1.22 bits per heavy atom. The van der Waals surface area contributed by atoms with Crippen molar-refractivity contribution in [1.29, 1.82) is 0 Å². The molecule has 18 heavy (non-hydrogen) atoms. The first-order valence-corrected chi connectivity index (χ1v) is 7.77. The highest BCUT2D eigenvalue weighted by molar-refractivity contribution is 7.91. The van der Waals surface area contributed by atoms with Gasteiger partial charge in [0.25, 0.3) is 0 Å². The molecule has 0 heterocycles. The summed E-state index contributed by atoms with van der Waals surface area (Å²) in [6, 6.07) is 6.85. The summed E-state index contributed by atoms with van der Waals surface area (Å²) in [6.07, 6.45) is 0.293. The molecule has 4 nitrogen and oxygen atoms in total. The Kier molecular flexibility index (Phi) is 5.16. The molecule has 0 spiro atoms. The van der Waals surface area contributed by atoms with Crippen molar-refractivity contribution in [3.8, 4) is 0 Å². The van der Waals surface area contributed by atoms with Crippen LogP contribution < -0.4 is 5.32 Å². The van der Waals surface area contributed by atoms with Gasteiger partial charge in [-0.05, 0) is 44.5 Å². The van der Waals surface area contributed by atoms with Crippen LogP contribution in [0.15, 0.2) is 29.2 Å². The number of nitrogens with one attached hydrogen (secondary N) is 1. The second-order valence-electron chi connectivity index (χ2n) is 4.56. The molecule has 0 aromatic heterocycles. The van der Waals surface area contributed by atoms with Crippen LogP contribution >= 0.6 is 0 Å². The van der Waals surface area contributed by atoms with Gasteiger partial charge in [-0.25, -0.2) is 8.42 Å². The third kappa shape index (κ3) is 4.31. The molecule has 1 aromatic carbocycles. The highest BCUT2D eigenvalue weighted by Crippen LogP contribution is 2.16. The van der Waals surface area contributed by atoms with E-state index in [2.05, 4.69) is 5.32 Å². The van der Waals surface area contributed by atoms with Crippen LogP contribution in [0.1, 0.15) is 27.2 Å². The molecular weight excluding hydrogens is 250 g/mol. The first-order valence-electron chi connectivity index (χ1n) is 6.12. The molecule has 2 unspecified atom stereocenters. The van der Waals surface area contributed by atoms with Crippen molar-refractivity contribution in [2.24, 2.45) is 0 Å². The molecule has 0 aliphatic carbocycles. The number of anilines is 1. The molecule has 0 fully saturated rings. The first kappa shape index (κ1) is 15.0. The van der Waals surface area contributed by atoms with Crippen molar-refractivity contribution in [3.05, 3.63) is 24.3 Å². The third-order valence-electron chi connectivity index (χ3n) is 2.70. The smallest absolute Gasteiger partial charge is 0.178 e. The first-order chi connectivity index (χ1) is 8.35. The number of benzene rings is 1. The van der Waals surface area contributed by atoms with Crippen molar-refractivity contribution in [3.63, 3.8) is 0 Å². The van der Waals surface area contributed by atoms with Crippen LogP contribution in [0.3, 0.4) is 0 Å². The fourth-order valence-corrected chi connectivity index (χ4v) is 2.66. The monoisotopic (exact) mass is 271 g/mol. The SMILES string of the molecule is CCS(=O)(=O)c1ccc(NC(C)CC(C)O)cc1. The number of rotatable bonds is 6. The number of aliphatic hydroxyl groups excluding tert-OH is 1. The lowest BCUT2D eigenvalue weighted by Gasteiger charge is -2.16. The molecule has 0 aliphatic rings. The maximum atomic E-state index is 11.6. The second-order valence-corrected chi connectivity index (χ2v) is 6.84. The molecular formula is C13H21NO3S. The Balaban J connectivity index is 2.72. The number of sulfone groups is 1. The minimum atomic E-state index is -3.13. The van der Waals surface area contributed by atoms with E-state index in [1.807, 2.05) is 6.92 Å². The zero-order valence-corrected chi connectivity index (χ0v) is 11.9. The van der Waals surface area contributed by atoms with E-state index in [1.54, 1.807) is 38.1 Å². The Morgan fingerprint density at radius 3 is 2.22 bits per heavy atom. The predicted molar refractivity (Wildman–Crippen MR) is 73.6 cm³/mol. The van der Waals surface area contributed by atoms with E-state index in [0.29, 0.717) is 11.3 Å². The van der Waals surface area contributed by atoms with Gasteiger partial charge in [-0.3, -0.25) is 0 Å². The molecule has 2 N–H and O–H groups in total. The zero-order chi connectivity index (χ0) is 13.8. The Morgan fingerprint density at radius 2 is 1.78 bits per heavy atom. The molecule has 0 saturated carbocycles. The van der Waals surface area contributed by atoms with Crippen molar-refractivity contribution in [2.75, 3.05) is 11.1 Å². The van der Waals surface area contributed by atoms with E-state index in [4.69, 9.17) is 0 Å². The number of hydrogen-bond acceptors (Lipinski definition) is 4. The average molecular weight is 271 g/mol. The molecule has 0 bridgehead atoms. The lowest BCUT2D eigenvalue weighted by molar-refractivity contribution is 0.179. The zero-order valence-electron chi connectivity index (χ0n) is 11.1. The number of hydrogen-bond donors (Lipinski definition) is 2. The van der Waals surface area contributed by atoms with E-state index in [-0.39, 0.29) is 17.9 Å². The molecule has 0 aliphatic heterocycles. The van der Waals surface area contributed by atoms with Gasteiger partial charge in [-0.2, -0.15) is 0 Å². The maximum Gasteiger partial charge on any atom is 0.178 e. The lowest BCUT2D eigenvalue weighted by atomic mass is 10.1. The second kappa shape index (κ2) is 6.20. The third-order valence-corrected chi connectivity index (χ3v) is 4.45. The van der Waals surface area contributed by atoms with Crippen molar-refractivity contribution >= 4 is 15.5 Å². The van der Waals surface area contributed by atoms with Crippen LogP contribution in [-0.4, -0.2) is 31.4 Å². The fourth-order valence-electron chi connectivity index (χ4n) is 1.78. The molecule has 5 heteroatoms. The summed E-state index contributed by atoms with van der Waals surface area (Å²) in [5.41, 5.74) is 0.859. The predicted octanol–water partition coefficient (Wildman–Crippen LogP) is 2.05. The Hall–Kier alpha value is -1.07. The van der Waals surface area contributed by atoms with E-state index < -0.39 is 9.84 Å². The lowest BCUT2D eigenvalue weighted by Crippen LogP contribution is -2.20. The highest BCUT2D eigenvalue weighted by Gasteiger charge is 2.11. The summed E-state index contributed by atoms with van der Waals surface area (Å²) in [6.45, 7) is 5.35. The van der Waals surface area contributed by atoms with E-state index in [0.717, 1.165) is 5.69 Å². The van der Waals surface area contributed by atoms with Gasteiger partial charge in [0.05, 0.1) is 16.8 Å². The van der Waals surface area contributed by atoms with Crippen LogP contribution in [0.25, 0.3) is 0 Å². The molecule has 2 atom stereocenters. The van der Waals surface area contributed by atoms with Gasteiger partial charge >= 0.3 is 0 Å². The molecule has 0 amide bonds. The Bertz CT molecular complexity index is 466. The van der Waals surface area contributed by atoms with Gasteiger partial charge in [-0.1, -0.05) is 6.92 Å². The molecule has 1 rings (SSSR count). The van der Waals surface area contributed by atoms with Gasteiger partial charge in [0, 0.05) is 11.7 Å². The topological polar surface area (TPSA) is 66.4 Å². The molecule has 0 saturated heterocycles. The van der Waals surface area contributed by atoms with Crippen LogP contribution in [0.5, 0.6) is 0 Å². The van der Waals surface area contributed by atoms with Crippen molar-refractivity contribution < 1.29 is 13.5 Å². The molecule has 102 valence electrons. The van der Waals surface area contributed by atoms with Crippen molar-refractivity contribution in [2.45, 2.75) is 44.2 Å². The summed E-state index contributed by atoms with van der Waals surface area (Å²) in [7, 11) is -3.13. The van der Waals surface area contributed by atoms with Gasteiger partial charge in [-0.15, -0.1) is 0 Å². The van der Waals surface area contributed by atoms with Gasteiger partial charge in [0.1, 0.15) is 0 Å². The summed E-state index contributed by atoms with van der Waals surface area (Å²) in [4.78, 5) is 0.346. The molecule has 0 radical (unpaired) electrons. The number of aliphatic hydroxyl groups is 1. The normalized spacial score (nSPS) is 15.1. The summed E-state index contributed by atoms with van der Waals surface area (Å²) < 4.78 is 23.3. The summed E-state index contributed by atoms with van der Waals surface area (Å²) >= 11 is 0. The average Bonchev–Trinajstić information content (AvgIpc) is 2.28. The minimum Gasteiger partial charge on any atom is -0.393 e. The minimum absolute atomic E-state index is 0.109. The van der Waals surface area contributed by atoms with Gasteiger partial charge in [0.2, 0.25) is 0 Å². The van der Waals surface area contributed by atoms with E-state index >= 15 is 0 Å². The highest BCUT2D eigenvalue weighted by atomic mass is 32.2. The van der Waals surface area contributed by atoms with Gasteiger partial charge < -0.3 is 10.4 Å². The molecule has 1 aromatic rings. The van der Waals surface area contributed by atoms with Crippen LogP contribution in [0.2, 0.25) is 0 Å². The fraction of sp³-hybridized carbons (Fsp3) is 0.538. The van der Waals surface area contributed by atoms with Crippen LogP contribution in [-0.2, 0) is 9.84 Å². The van der Waals surface area contributed by atoms with Crippen LogP contribution in [0.4, 0.5) is 5.69 Å². The summed E-state index contributed by atoms with van der Waals surface area (Å²) in [5, 5.41) is 12.5. The standard InChI is InChI=1S/C13H21NO3S/c1-4-18(16,17)13-7-5-12(6-8-13)14-10(2)9-11(3)15/h5-8,10-11,14-15H,4,9H2,1-3H3. The quantitative estimate of drug-likeness (QED) is 0.831. The van der Waals surface area contributed by atoms with E-state index in [1.165, 1.54) is 0 Å². The van der Waals surface area contributed by atoms with Crippen molar-refractivity contribution in [1.82, 2.24) is 0 Å².